The average molecular weight is 267 g/mol. The largest absolute Gasteiger partial charge is 0.508 e. The topological polar surface area (TPSA) is 50.9 Å². The van der Waals surface area contributed by atoms with Gasteiger partial charge in [0.15, 0.2) is 5.65 Å². The summed E-state index contributed by atoms with van der Waals surface area (Å²) in [4.78, 5) is 9.17. The fourth-order valence-corrected chi connectivity index (χ4v) is 2.26. The number of benzene rings is 1. The monoisotopic (exact) mass is 267 g/mol. The van der Waals surface area contributed by atoms with E-state index in [9.17, 15) is 5.11 Å². The first kappa shape index (κ1) is 12.7. The molecule has 2 heterocycles. The second-order valence-electron chi connectivity index (χ2n) is 5.88. The normalized spacial score (nSPS) is 11.9. The molecule has 1 N–H and O–H groups in total. The molecular weight excluding hydrogens is 250 g/mol. The summed E-state index contributed by atoms with van der Waals surface area (Å²) in [6, 6.07) is 11.0. The lowest BCUT2D eigenvalue weighted by Gasteiger charge is -2.19. The van der Waals surface area contributed by atoms with Gasteiger partial charge in [-0.15, -0.1) is 0 Å². The number of phenols is 1. The van der Waals surface area contributed by atoms with Crippen LogP contribution in [0.25, 0.3) is 16.9 Å². The van der Waals surface area contributed by atoms with Gasteiger partial charge in [0, 0.05) is 17.3 Å². The molecule has 20 heavy (non-hydrogen) atoms. The first-order chi connectivity index (χ1) is 9.47. The molecule has 0 fully saturated rings. The molecular formula is C16H17N3O. The number of pyridine rings is 1. The Morgan fingerprint density at radius 1 is 1.05 bits per heavy atom. The molecule has 0 atom stereocenters. The van der Waals surface area contributed by atoms with Gasteiger partial charge >= 0.3 is 0 Å². The van der Waals surface area contributed by atoms with E-state index < -0.39 is 0 Å². The number of phenolic OH excluding ortho intramolecular Hbond substituents is 1. The molecule has 0 aliphatic heterocycles. The van der Waals surface area contributed by atoms with E-state index in [1.165, 1.54) is 0 Å². The zero-order valence-electron chi connectivity index (χ0n) is 11.8. The van der Waals surface area contributed by atoms with Crippen LogP contribution in [0.3, 0.4) is 0 Å². The molecule has 0 radical (unpaired) electrons. The molecule has 0 unspecified atom stereocenters. The maximum Gasteiger partial charge on any atom is 0.164 e. The Bertz CT molecular complexity index is 751. The van der Waals surface area contributed by atoms with Gasteiger partial charge in [-0.3, -0.25) is 4.57 Å². The van der Waals surface area contributed by atoms with Gasteiger partial charge < -0.3 is 5.11 Å². The second-order valence-corrected chi connectivity index (χ2v) is 5.88. The average Bonchev–Trinajstić information content (AvgIpc) is 2.79. The van der Waals surface area contributed by atoms with Gasteiger partial charge in [0.1, 0.15) is 17.1 Å². The lowest BCUT2D eigenvalue weighted by atomic mass is 9.95. The number of rotatable bonds is 1. The molecule has 3 aromatic rings. The predicted molar refractivity (Wildman–Crippen MR) is 79.2 cm³/mol. The predicted octanol–water partition coefficient (Wildman–Crippen LogP) is 3.42. The number of imidazole rings is 1. The number of hydrogen-bond donors (Lipinski definition) is 1. The van der Waals surface area contributed by atoms with Crippen molar-refractivity contribution in [1.82, 2.24) is 14.5 Å². The third kappa shape index (κ3) is 2.03. The molecule has 0 saturated heterocycles. The van der Waals surface area contributed by atoms with Crippen LogP contribution in [0.4, 0.5) is 0 Å². The van der Waals surface area contributed by atoms with Gasteiger partial charge in [0.2, 0.25) is 0 Å². The highest BCUT2D eigenvalue weighted by atomic mass is 16.3. The van der Waals surface area contributed by atoms with Crippen molar-refractivity contribution in [2.24, 2.45) is 0 Å². The number of aromatic nitrogens is 3. The van der Waals surface area contributed by atoms with E-state index >= 15 is 0 Å². The Kier molecular flexibility index (Phi) is 2.74. The van der Waals surface area contributed by atoms with Gasteiger partial charge in [-0.1, -0.05) is 20.8 Å². The van der Waals surface area contributed by atoms with Gasteiger partial charge in [0.05, 0.1) is 0 Å². The summed E-state index contributed by atoms with van der Waals surface area (Å²) < 4.78 is 2.05. The Morgan fingerprint density at radius 2 is 1.75 bits per heavy atom. The third-order valence-electron chi connectivity index (χ3n) is 3.19. The Labute approximate surface area is 117 Å². The number of nitrogens with zero attached hydrogens (tertiary/aromatic N) is 3. The summed E-state index contributed by atoms with van der Waals surface area (Å²) in [5.41, 5.74) is 2.57. The van der Waals surface area contributed by atoms with Crippen molar-refractivity contribution < 1.29 is 5.11 Å². The first-order valence-corrected chi connectivity index (χ1v) is 6.60. The standard InChI is InChI=1S/C16H17N3O/c1-16(2,3)15-18-13-5-4-10-17-14(13)19(15)11-6-8-12(20)9-7-11/h4-10,20H,1-3H3. The van der Waals surface area contributed by atoms with Crippen LogP contribution in [0.5, 0.6) is 5.75 Å². The summed E-state index contributed by atoms with van der Waals surface area (Å²) in [6.07, 6.45) is 1.77. The number of fused-ring (bicyclic) bond motifs is 1. The van der Waals surface area contributed by atoms with Gasteiger partial charge in [-0.2, -0.15) is 0 Å². The smallest absolute Gasteiger partial charge is 0.164 e. The minimum absolute atomic E-state index is 0.0986. The lowest BCUT2D eigenvalue weighted by molar-refractivity contribution is 0.475. The molecule has 0 bridgehead atoms. The summed E-state index contributed by atoms with van der Waals surface area (Å²) >= 11 is 0. The fourth-order valence-electron chi connectivity index (χ4n) is 2.26. The van der Waals surface area contributed by atoms with E-state index in [2.05, 4.69) is 30.3 Å². The lowest BCUT2D eigenvalue weighted by Crippen LogP contribution is -2.18. The summed E-state index contributed by atoms with van der Waals surface area (Å²) in [5.74, 6) is 1.21. The maximum atomic E-state index is 9.46. The quantitative estimate of drug-likeness (QED) is 0.735. The molecule has 0 spiro atoms. The molecule has 102 valence electrons. The van der Waals surface area contributed by atoms with E-state index in [1.54, 1.807) is 18.3 Å². The summed E-state index contributed by atoms with van der Waals surface area (Å²) in [6.45, 7) is 6.39. The van der Waals surface area contributed by atoms with Crippen molar-refractivity contribution in [2.45, 2.75) is 26.2 Å². The van der Waals surface area contributed by atoms with Crippen LogP contribution >= 0.6 is 0 Å². The second kappa shape index (κ2) is 4.34. The fraction of sp³-hybridized carbons (Fsp3) is 0.250. The van der Waals surface area contributed by atoms with E-state index in [4.69, 9.17) is 4.98 Å². The minimum Gasteiger partial charge on any atom is -0.508 e. The molecule has 4 heteroatoms. The summed E-state index contributed by atoms with van der Waals surface area (Å²) in [5, 5.41) is 9.46. The molecule has 0 aliphatic rings. The van der Waals surface area contributed by atoms with Crippen molar-refractivity contribution >= 4 is 11.2 Å². The SMILES string of the molecule is CC(C)(C)c1nc2cccnc2n1-c1ccc(O)cc1. The van der Waals surface area contributed by atoms with Crippen LogP contribution in [0.15, 0.2) is 42.6 Å². The zero-order chi connectivity index (χ0) is 14.3. The van der Waals surface area contributed by atoms with Crippen LogP contribution in [-0.2, 0) is 5.41 Å². The number of hydrogen-bond acceptors (Lipinski definition) is 3. The minimum atomic E-state index is -0.0986. The van der Waals surface area contributed by atoms with Crippen molar-refractivity contribution in [3.8, 4) is 11.4 Å². The molecule has 0 amide bonds. The first-order valence-electron chi connectivity index (χ1n) is 6.60. The molecule has 2 aromatic heterocycles. The van der Waals surface area contributed by atoms with E-state index in [0.29, 0.717) is 0 Å². The van der Waals surface area contributed by atoms with Gasteiger partial charge in [0.25, 0.3) is 0 Å². The van der Waals surface area contributed by atoms with Crippen LogP contribution in [0.2, 0.25) is 0 Å². The van der Waals surface area contributed by atoms with Crippen molar-refractivity contribution in [3.05, 3.63) is 48.4 Å². The zero-order valence-corrected chi connectivity index (χ0v) is 11.8. The van der Waals surface area contributed by atoms with E-state index in [1.807, 2.05) is 24.3 Å². The van der Waals surface area contributed by atoms with Crippen LogP contribution in [-0.4, -0.2) is 19.6 Å². The van der Waals surface area contributed by atoms with Gasteiger partial charge in [-0.05, 0) is 36.4 Å². The van der Waals surface area contributed by atoms with Crippen molar-refractivity contribution in [2.75, 3.05) is 0 Å². The highest BCUT2D eigenvalue weighted by molar-refractivity contribution is 5.74. The highest BCUT2D eigenvalue weighted by Gasteiger charge is 2.24. The molecule has 4 nitrogen and oxygen atoms in total. The van der Waals surface area contributed by atoms with Gasteiger partial charge in [-0.25, -0.2) is 9.97 Å². The molecule has 0 saturated carbocycles. The van der Waals surface area contributed by atoms with Crippen LogP contribution in [0.1, 0.15) is 26.6 Å². The highest BCUT2D eigenvalue weighted by Crippen LogP contribution is 2.29. The Morgan fingerprint density at radius 3 is 2.40 bits per heavy atom. The Hall–Kier alpha value is -2.36. The summed E-state index contributed by atoms with van der Waals surface area (Å²) in [7, 11) is 0. The molecule has 0 aliphatic carbocycles. The van der Waals surface area contributed by atoms with Crippen molar-refractivity contribution in [1.29, 1.82) is 0 Å². The van der Waals surface area contributed by atoms with E-state index in [0.717, 1.165) is 22.7 Å². The van der Waals surface area contributed by atoms with Crippen molar-refractivity contribution in [3.63, 3.8) is 0 Å². The van der Waals surface area contributed by atoms with E-state index in [-0.39, 0.29) is 11.2 Å². The number of aromatic hydroxyl groups is 1. The molecule has 1 aromatic carbocycles. The van der Waals surface area contributed by atoms with Crippen LogP contribution < -0.4 is 0 Å². The van der Waals surface area contributed by atoms with Crippen LogP contribution in [0, 0.1) is 0 Å². The third-order valence-corrected chi connectivity index (χ3v) is 3.19. The Balaban J connectivity index is 2.34. The maximum absolute atomic E-state index is 9.46. The molecule has 3 rings (SSSR count).